The van der Waals surface area contributed by atoms with Crippen LogP contribution in [0.1, 0.15) is 17.3 Å². The molecule has 0 saturated carbocycles. The van der Waals surface area contributed by atoms with Gasteiger partial charge in [0.05, 0.1) is 24.1 Å². The van der Waals surface area contributed by atoms with Crippen molar-refractivity contribution in [1.29, 1.82) is 0 Å². The van der Waals surface area contributed by atoms with Crippen molar-refractivity contribution in [2.45, 2.75) is 11.9 Å². The largest absolute Gasteiger partial charge is 0.462 e. The van der Waals surface area contributed by atoms with Crippen molar-refractivity contribution >= 4 is 28.8 Å². The zero-order valence-electron chi connectivity index (χ0n) is 12.2. The molecule has 0 unspecified atom stereocenters. The predicted octanol–water partition coefficient (Wildman–Crippen LogP) is 2.71. The van der Waals surface area contributed by atoms with Gasteiger partial charge in [-0.3, -0.25) is 0 Å². The molecule has 0 N–H and O–H groups in total. The molecule has 0 aliphatic carbocycles. The molecule has 22 heavy (non-hydrogen) atoms. The zero-order chi connectivity index (χ0) is 15.5. The first kappa shape index (κ1) is 14.5. The van der Waals surface area contributed by atoms with Gasteiger partial charge in [-0.15, -0.1) is 11.8 Å². The molecular formula is C15H14N4O2S. The van der Waals surface area contributed by atoms with E-state index in [-0.39, 0.29) is 5.97 Å². The summed E-state index contributed by atoms with van der Waals surface area (Å²) in [7, 11) is 0. The second-order valence-electron chi connectivity index (χ2n) is 4.41. The summed E-state index contributed by atoms with van der Waals surface area (Å²) in [6.07, 6.45) is 5.12. The highest BCUT2D eigenvalue weighted by Crippen LogP contribution is 2.26. The van der Waals surface area contributed by atoms with Gasteiger partial charge in [-0.05, 0) is 25.3 Å². The minimum absolute atomic E-state index is 0.326. The monoisotopic (exact) mass is 314 g/mol. The van der Waals surface area contributed by atoms with Gasteiger partial charge in [-0.1, -0.05) is 12.1 Å². The number of thioether (sulfide) groups is 1. The summed E-state index contributed by atoms with van der Waals surface area (Å²) in [5.74, 6) is -0.371. The number of hydrogen-bond acceptors (Lipinski definition) is 6. The minimum Gasteiger partial charge on any atom is -0.462 e. The molecule has 0 bridgehead atoms. The van der Waals surface area contributed by atoms with E-state index in [1.807, 2.05) is 18.4 Å². The average Bonchev–Trinajstić information content (AvgIpc) is 2.99. The topological polar surface area (TPSA) is 69.9 Å². The van der Waals surface area contributed by atoms with Crippen LogP contribution in [-0.4, -0.2) is 38.6 Å². The Labute approximate surface area is 131 Å². The van der Waals surface area contributed by atoms with Crippen molar-refractivity contribution in [2.75, 3.05) is 12.9 Å². The maximum Gasteiger partial charge on any atom is 0.340 e. The van der Waals surface area contributed by atoms with Gasteiger partial charge in [0.25, 0.3) is 0 Å². The van der Waals surface area contributed by atoms with Crippen LogP contribution in [0.15, 0.2) is 41.8 Å². The molecule has 0 atom stereocenters. The van der Waals surface area contributed by atoms with Crippen LogP contribution in [-0.2, 0) is 4.74 Å². The van der Waals surface area contributed by atoms with E-state index in [1.54, 1.807) is 29.9 Å². The van der Waals surface area contributed by atoms with Crippen LogP contribution in [0.4, 0.5) is 0 Å². The van der Waals surface area contributed by atoms with E-state index >= 15 is 0 Å². The number of ether oxygens (including phenoxy) is 1. The molecule has 0 spiro atoms. The van der Waals surface area contributed by atoms with Gasteiger partial charge in [-0.2, -0.15) is 5.10 Å². The number of hydrogen-bond donors (Lipinski definition) is 0. The van der Waals surface area contributed by atoms with E-state index in [0.717, 1.165) is 16.1 Å². The summed E-state index contributed by atoms with van der Waals surface area (Å²) in [5.41, 5.74) is 2.64. The maximum absolute atomic E-state index is 12.2. The fraction of sp³-hybridized carbons (Fsp3) is 0.200. The van der Waals surface area contributed by atoms with Gasteiger partial charge in [0.15, 0.2) is 0 Å². The summed E-state index contributed by atoms with van der Waals surface area (Å²) in [6.45, 7) is 2.11. The molecule has 1 aromatic carbocycles. The SMILES string of the molecule is CCOC(=O)c1ccccc1-n1ncc2ncnc(SC)c21. The van der Waals surface area contributed by atoms with Gasteiger partial charge in [0.2, 0.25) is 0 Å². The molecule has 0 saturated heterocycles. The Morgan fingerprint density at radius 3 is 2.91 bits per heavy atom. The molecule has 6 nitrogen and oxygen atoms in total. The fourth-order valence-corrected chi connectivity index (χ4v) is 2.75. The first-order valence-corrected chi connectivity index (χ1v) is 7.98. The Bertz CT molecular complexity index is 831. The van der Waals surface area contributed by atoms with Crippen molar-refractivity contribution < 1.29 is 9.53 Å². The number of para-hydroxylation sites is 1. The fourth-order valence-electron chi connectivity index (χ4n) is 2.21. The number of esters is 1. The van der Waals surface area contributed by atoms with Gasteiger partial charge < -0.3 is 4.74 Å². The summed E-state index contributed by atoms with van der Waals surface area (Å²) in [4.78, 5) is 20.6. The Morgan fingerprint density at radius 2 is 2.14 bits per heavy atom. The summed E-state index contributed by atoms with van der Waals surface area (Å²) >= 11 is 1.51. The predicted molar refractivity (Wildman–Crippen MR) is 84.4 cm³/mol. The van der Waals surface area contributed by atoms with Crippen LogP contribution >= 0.6 is 11.8 Å². The Kier molecular flexibility index (Phi) is 4.06. The van der Waals surface area contributed by atoms with E-state index in [4.69, 9.17) is 4.74 Å². The number of aromatic nitrogens is 4. The number of carbonyl (C=O) groups excluding carboxylic acids is 1. The lowest BCUT2D eigenvalue weighted by Crippen LogP contribution is -2.10. The zero-order valence-corrected chi connectivity index (χ0v) is 13.0. The molecule has 0 fully saturated rings. The molecular weight excluding hydrogens is 300 g/mol. The normalized spacial score (nSPS) is 10.8. The molecule has 0 aliphatic rings. The molecule has 7 heteroatoms. The Morgan fingerprint density at radius 1 is 1.32 bits per heavy atom. The van der Waals surface area contributed by atoms with E-state index < -0.39 is 0 Å². The van der Waals surface area contributed by atoms with Crippen molar-refractivity contribution in [3.63, 3.8) is 0 Å². The average molecular weight is 314 g/mol. The summed E-state index contributed by atoms with van der Waals surface area (Å²) in [6, 6.07) is 7.21. The molecule has 2 heterocycles. The van der Waals surface area contributed by atoms with E-state index in [2.05, 4.69) is 15.1 Å². The maximum atomic E-state index is 12.2. The molecule has 3 rings (SSSR count). The van der Waals surface area contributed by atoms with Crippen LogP contribution in [0.3, 0.4) is 0 Å². The highest BCUT2D eigenvalue weighted by Gasteiger charge is 2.18. The van der Waals surface area contributed by atoms with Crippen molar-refractivity contribution in [1.82, 2.24) is 19.7 Å². The lowest BCUT2D eigenvalue weighted by Gasteiger charge is -2.10. The van der Waals surface area contributed by atoms with Crippen molar-refractivity contribution in [2.24, 2.45) is 0 Å². The summed E-state index contributed by atoms with van der Waals surface area (Å²) < 4.78 is 6.81. The highest BCUT2D eigenvalue weighted by molar-refractivity contribution is 7.98. The Balaban J connectivity index is 2.22. The molecule has 112 valence electrons. The van der Waals surface area contributed by atoms with Gasteiger partial charge >= 0.3 is 5.97 Å². The van der Waals surface area contributed by atoms with Gasteiger partial charge in [0.1, 0.15) is 22.4 Å². The smallest absolute Gasteiger partial charge is 0.340 e. The number of rotatable bonds is 4. The van der Waals surface area contributed by atoms with Crippen LogP contribution < -0.4 is 0 Å². The van der Waals surface area contributed by atoms with Crippen LogP contribution in [0.2, 0.25) is 0 Å². The van der Waals surface area contributed by atoms with Crippen molar-refractivity contribution in [3.8, 4) is 5.69 Å². The first-order valence-electron chi connectivity index (χ1n) is 6.75. The van der Waals surface area contributed by atoms with E-state index in [1.165, 1.54) is 18.1 Å². The van der Waals surface area contributed by atoms with Crippen LogP contribution in [0, 0.1) is 0 Å². The second-order valence-corrected chi connectivity index (χ2v) is 5.21. The molecule has 2 aromatic heterocycles. The quantitative estimate of drug-likeness (QED) is 0.419. The number of benzene rings is 1. The minimum atomic E-state index is -0.371. The van der Waals surface area contributed by atoms with E-state index in [9.17, 15) is 4.79 Å². The number of fused-ring (bicyclic) bond motifs is 1. The van der Waals surface area contributed by atoms with Gasteiger partial charge in [-0.25, -0.2) is 19.4 Å². The molecule has 0 radical (unpaired) electrons. The molecule has 0 aliphatic heterocycles. The Hall–Kier alpha value is -2.41. The summed E-state index contributed by atoms with van der Waals surface area (Å²) in [5, 5.41) is 5.18. The lowest BCUT2D eigenvalue weighted by atomic mass is 10.2. The highest BCUT2D eigenvalue weighted by atomic mass is 32.2. The standard InChI is InChI=1S/C15H14N4O2S/c1-3-21-15(20)10-6-4-5-7-12(10)19-13-11(8-18-19)16-9-17-14(13)22-2/h4-9H,3H2,1-2H3. The number of carbonyl (C=O) groups is 1. The second kappa shape index (κ2) is 6.15. The van der Waals surface area contributed by atoms with Gasteiger partial charge in [0, 0.05) is 0 Å². The van der Waals surface area contributed by atoms with Crippen LogP contribution in [0.25, 0.3) is 16.7 Å². The van der Waals surface area contributed by atoms with Crippen LogP contribution in [0.5, 0.6) is 0 Å². The van der Waals surface area contributed by atoms with E-state index in [0.29, 0.717) is 17.9 Å². The molecule has 0 amide bonds. The number of nitrogens with zero attached hydrogens (tertiary/aromatic N) is 4. The lowest BCUT2D eigenvalue weighted by molar-refractivity contribution is 0.0526. The van der Waals surface area contributed by atoms with Crippen molar-refractivity contribution in [3.05, 3.63) is 42.4 Å². The molecule has 3 aromatic rings. The third kappa shape index (κ3) is 2.43. The first-order chi connectivity index (χ1) is 10.8. The third-order valence-corrected chi connectivity index (χ3v) is 3.83. The third-order valence-electron chi connectivity index (χ3n) is 3.15.